The third-order valence-electron chi connectivity index (χ3n) is 3.23. The maximum absolute atomic E-state index is 12.0. The summed E-state index contributed by atoms with van der Waals surface area (Å²) in [6.07, 6.45) is 0. The monoisotopic (exact) mass is 321 g/mol. The number of hydrogen-bond acceptors (Lipinski definition) is 3. The number of hydrogen-bond donors (Lipinski definition) is 3. The maximum Gasteiger partial charge on any atom is 0.310 e. The lowest BCUT2D eigenvalue weighted by molar-refractivity contribution is -0.146. The molecule has 2 rings (SSSR count). The number of carbonyl (C=O) groups excluding carboxylic acids is 1. The van der Waals surface area contributed by atoms with Crippen LogP contribution in [0.2, 0.25) is 5.02 Å². The number of carboxylic acids is 1. The lowest BCUT2D eigenvalue weighted by atomic mass is 9.94. The minimum atomic E-state index is -1.03. The zero-order valence-electron chi connectivity index (χ0n) is 12.2. The molecule has 2 aromatic rings. The predicted molar refractivity (Wildman–Crippen MR) is 82.8 cm³/mol. The molecule has 0 atom stereocenters. The van der Waals surface area contributed by atoms with Crippen LogP contribution in [0.25, 0.3) is 11.3 Å². The molecule has 0 aliphatic rings. The molecular weight excluding hydrogens is 306 g/mol. The van der Waals surface area contributed by atoms with E-state index in [9.17, 15) is 9.59 Å². The highest BCUT2D eigenvalue weighted by atomic mass is 35.5. The first-order chi connectivity index (χ1) is 10.3. The molecule has 116 valence electrons. The number of carboxylic acid groups (broad SMARTS) is 1. The Labute approximate surface area is 132 Å². The smallest absolute Gasteiger partial charge is 0.310 e. The standard InChI is InChI=1S/C15H16ClN3O3/c1-15(2,14(21)22)8-17-13(20)12-7-11(18-19-12)9-3-5-10(16)6-4-9/h3-7H,8H2,1-2H3,(H,17,20)(H,18,19)(H,21,22). The third-order valence-corrected chi connectivity index (χ3v) is 3.48. The van der Waals surface area contributed by atoms with Crippen LogP contribution < -0.4 is 5.32 Å². The fourth-order valence-electron chi connectivity index (χ4n) is 1.68. The van der Waals surface area contributed by atoms with Gasteiger partial charge in [0.05, 0.1) is 11.1 Å². The fraction of sp³-hybridized carbons (Fsp3) is 0.267. The second-order valence-electron chi connectivity index (χ2n) is 5.55. The van der Waals surface area contributed by atoms with Gasteiger partial charge in [-0.25, -0.2) is 0 Å². The number of H-pyrrole nitrogens is 1. The van der Waals surface area contributed by atoms with Crippen LogP contribution in [0.4, 0.5) is 0 Å². The van der Waals surface area contributed by atoms with Crippen molar-refractivity contribution in [1.82, 2.24) is 15.5 Å². The van der Waals surface area contributed by atoms with E-state index in [1.165, 1.54) is 0 Å². The highest BCUT2D eigenvalue weighted by Gasteiger charge is 2.28. The molecule has 0 aliphatic carbocycles. The molecule has 3 N–H and O–H groups in total. The Hall–Kier alpha value is -2.34. The van der Waals surface area contributed by atoms with Gasteiger partial charge in [-0.15, -0.1) is 0 Å². The van der Waals surface area contributed by atoms with E-state index in [4.69, 9.17) is 16.7 Å². The lowest BCUT2D eigenvalue weighted by Crippen LogP contribution is -2.39. The van der Waals surface area contributed by atoms with E-state index < -0.39 is 17.3 Å². The van der Waals surface area contributed by atoms with E-state index in [0.29, 0.717) is 10.7 Å². The van der Waals surface area contributed by atoms with E-state index >= 15 is 0 Å². The Morgan fingerprint density at radius 3 is 2.55 bits per heavy atom. The number of amides is 1. The molecule has 7 heteroatoms. The maximum atomic E-state index is 12.0. The molecule has 0 spiro atoms. The van der Waals surface area contributed by atoms with Crippen LogP contribution in [-0.2, 0) is 4.79 Å². The summed E-state index contributed by atoms with van der Waals surface area (Å²) in [6, 6.07) is 8.68. The van der Waals surface area contributed by atoms with Crippen molar-refractivity contribution in [2.24, 2.45) is 5.41 Å². The number of nitrogens with one attached hydrogen (secondary N) is 2. The zero-order valence-corrected chi connectivity index (χ0v) is 12.9. The van der Waals surface area contributed by atoms with Gasteiger partial charge in [0.1, 0.15) is 5.69 Å². The molecule has 1 heterocycles. The van der Waals surface area contributed by atoms with Gasteiger partial charge in [0.2, 0.25) is 0 Å². The van der Waals surface area contributed by atoms with Crippen LogP contribution in [0.1, 0.15) is 24.3 Å². The zero-order chi connectivity index (χ0) is 16.3. The first kappa shape index (κ1) is 16.0. The molecule has 0 unspecified atom stereocenters. The quantitative estimate of drug-likeness (QED) is 0.788. The van der Waals surface area contributed by atoms with E-state index in [2.05, 4.69) is 15.5 Å². The van der Waals surface area contributed by atoms with Gasteiger partial charge >= 0.3 is 5.97 Å². The van der Waals surface area contributed by atoms with Crippen LogP contribution >= 0.6 is 11.6 Å². The highest BCUT2D eigenvalue weighted by Crippen LogP contribution is 2.20. The van der Waals surface area contributed by atoms with E-state index in [0.717, 1.165) is 5.56 Å². The van der Waals surface area contributed by atoms with Crippen molar-refractivity contribution < 1.29 is 14.7 Å². The Morgan fingerprint density at radius 1 is 1.32 bits per heavy atom. The molecule has 22 heavy (non-hydrogen) atoms. The van der Waals surface area contributed by atoms with Gasteiger partial charge in [0.25, 0.3) is 5.91 Å². The van der Waals surface area contributed by atoms with Crippen LogP contribution in [0.15, 0.2) is 30.3 Å². The van der Waals surface area contributed by atoms with Crippen molar-refractivity contribution >= 4 is 23.5 Å². The number of aromatic amines is 1. The average molecular weight is 322 g/mol. The Balaban J connectivity index is 2.06. The molecule has 0 saturated carbocycles. The number of nitrogens with zero attached hydrogens (tertiary/aromatic N) is 1. The second kappa shape index (κ2) is 6.19. The number of aliphatic carboxylic acids is 1. The minimum absolute atomic E-state index is 0.0243. The average Bonchev–Trinajstić information content (AvgIpc) is 2.95. The molecule has 0 radical (unpaired) electrons. The summed E-state index contributed by atoms with van der Waals surface area (Å²) in [4.78, 5) is 23.0. The van der Waals surface area contributed by atoms with E-state index in [1.807, 2.05) is 0 Å². The number of rotatable bonds is 5. The van der Waals surface area contributed by atoms with Gasteiger partial charge in [0, 0.05) is 17.1 Å². The summed E-state index contributed by atoms with van der Waals surface area (Å²) >= 11 is 5.82. The van der Waals surface area contributed by atoms with Crippen LogP contribution in [0, 0.1) is 5.41 Å². The van der Waals surface area contributed by atoms with Crippen molar-refractivity contribution in [1.29, 1.82) is 0 Å². The second-order valence-corrected chi connectivity index (χ2v) is 5.98. The third kappa shape index (κ3) is 3.65. The molecule has 0 bridgehead atoms. The van der Waals surface area contributed by atoms with Crippen molar-refractivity contribution in [2.75, 3.05) is 6.54 Å². The van der Waals surface area contributed by atoms with Gasteiger partial charge in [-0.2, -0.15) is 5.10 Å². The summed E-state index contributed by atoms with van der Waals surface area (Å²) in [6.45, 7) is 3.11. The van der Waals surface area contributed by atoms with Crippen molar-refractivity contribution in [3.05, 3.63) is 41.0 Å². The first-order valence-corrected chi connectivity index (χ1v) is 7.00. The topological polar surface area (TPSA) is 95.1 Å². The first-order valence-electron chi connectivity index (χ1n) is 6.62. The molecule has 0 saturated heterocycles. The van der Waals surface area contributed by atoms with Gasteiger partial charge < -0.3 is 10.4 Å². The van der Waals surface area contributed by atoms with Crippen molar-refractivity contribution in [3.63, 3.8) is 0 Å². The largest absolute Gasteiger partial charge is 0.481 e. The normalized spacial score (nSPS) is 11.2. The molecule has 1 aromatic carbocycles. The molecule has 1 amide bonds. The van der Waals surface area contributed by atoms with Gasteiger partial charge in [-0.1, -0.05) is 23.7 Å². The Bertz CT molecular complexity index is 692. The molecule has 0 aliphatic heterocycles. The number of aromatic nitrogens is 2. The van der Waals surface area contributed by atoms with Gasteiger partial charge in [0.15, 0.2) is 0 Å². The predicted octanol–water partition coefficient (Wildman–Crippen LogP) is 2.57. The van der Waals surface area contributed by atoms with Gasteiger partial charge in [-0.05, 0) is 32.0 Å². The number of benzene rings is 1. The van der Waals surface area contributed by atoms with Crippen molar-refractivity contribution in [3.8, 4) is 11.3 Å². The summed E-state index contributed by atoms with van der Waals surface area (Å²) in [5.74, 6) is -1.37. The van der Waals surface area contributed by atoms with Crippen LogP contribution in [-0.4, -0.2) is 33.7 Å². The molecular formula is C15H16ClN3O3. The lowest BCUT2D eigenvalue weighted by Gasteiger charge is -2.18. The summed E-state index contributed by atoms with van der Waals surface area (Å²) in [5, 5.41) is 18.9. The highest BCUT2D eigenvalue weighted by molar-refractivity contribution is 6.30. The van der Waals surface area contributed by atoms with E-state index in [-0.39, 0.29) is 12.2 Å². The molecule has 6 nitrogen and oxygen atoms in total. The SMILES string of the molecule is CC(C)(CNC(=O)c1cc(-c2ccc(Cl)cc2)n[nH]1)C(=O)O. The van der Waals surface area contributed by atoms with Gasteiger partial charge in [-0.3, -0.25) is 14.7 Å². The summed E-state index contributed by atoms with van der Waals surface area (Å²) in [5.41, 5.74) is 0.672. The summed E-state index contributed by atoms with van der Waals surface area (Å²) in [7, 11) is 0. The van der Waals surface area contributed by atoms with Crippen LogP contribution in [0.3, 0.4) is 0 Å². The fourth-order valence-corrected chi connectivity index (χ4v) is 1.80. The minimum Gasteiger partial charge on any atom is -0.481 e. The number of halogens is 1. The van der Waals surface area contributed by atoms with Crippen LogP contribution in [0.5, 0.6) is 0 Å². The number of carbonyl (C=O) groups is 2. The Morgan fingerprint density at radius 2 is 1.95 bits per heavy atom. The molecule has 1 aromatic heterocycles. The van der Waals surface area contributed by atoms with E-state index in [1.54, 1.807) is 44.2 Å². The molecule has 0 fully saturated rings. The summed E-state index contributed by atoms with van der Waals surface area (Å²) < 4.78 is 0. The Kier molecular flexibility index (Phi) is 4.51. The van der Waals surface area contributed by atoms with Crippen molar-refractivity contribution in [2.45, 2.75) is 13.8 Å².